The molecule has 7 heteroatoms. The van der Waals surface area contributed by atoms with Crippen LogP contribution >= 0.6 is 0 Å². The third-order valence-electron chi connectivity index (χ3n) is 2.89. The topological polar surface area (TPSA) is 106 Å². The number of benzene rings is 1. The van der Waals surface area contributed by atoms with Gasteiger partial charge in [0.05, 0.1) is 5.69 Å². The highest BCUT2D eigenvalue weighted by atomic mass is 19.1. The molecule has 0 aliphatic rings. The minimum atomic E-state index is -0.649. The zero-order chi connectivity index (χ0) is 17.4. The van der Waals surface area contributed by atoms with Gasteiger partial charge in [0.25, 0.3) is 0 Å². The lowest BCUT2D eigenvalue weighted by molar-refractivity contribution is 0.286. The summed E-state index contributed by atoms with van der Waals surface area (Å²) in [5.41, 5.74) is 0.244. The molecule has 0 spiro atoms. The van der Waals surface area contributed by atoms with Crippen LogP contribution in [0, 0.1) is 39.8 Å². The molecule has 2 rings (SSSR count). The average molecular weight is 319 g/mol. The van der Waals surface area contributed by atoms with Gasteiger partial charge >= 0.3 is 0 Å². The van der Waals surface area contributed by atoms with Gasteiger partial charge in [-0.05, 0) is 24.3 Å². The van der Waals surface area contributed by atoms with Crippen LogP contribution in [0.4, 0.5) is 10.1 Å². The number of hydrogen-bond donors (Lipinski definition) is 1. The minimum Gasteiger partial charge on any atom is -0.484 e. The molecule has 0 aliphatic heterocycles. The van der Waals surface area contributed by atoms with E-state index in [1.807, 2.05) is 0 Å². The Bertz CT molecular complexity index is 872. The van der Waals surface area contributed by atoms with Gasteiger partial charge in [-0.2, -0.15) is 15.8 Å². The molecule has 1 N–H and O–H groups in total. The quantitative estimate of drug-likeness (QED) is 0.849. The van der Waals surface area contributed by atoms with E-state index in [0.29, 0.717) is 5.69 Å². The van der Waals surface area contributed by atoms with Crippen LogP contribution in [0.15, 0.2) is 53.9 Å². The van der Waals surface area contributed by atoms with Gasteiger partial charge in [0.2, 0.25) is 0 Å². The number of hydrogen-bond acceptors (Lipinski definition) is 6. The molecule has 0 fully saturated rings. The van der Waals surface area contributed by atoms with Crippen molar-refractivity contribution >= 4 is 5.69 Å². The standard InChI is InChI=1S/C17H10FN5O/c18-15-7-13(23-16(10-21)12(8-19)9-20)4-5-17(15)24-11-14-3-1-2-6-22-14/h1-7,23H,11H2. The maximum atomic E-state index is 14.1. The predicted octanol–water partition coefficient (Wildman–Crippen LogP) is 3.04. The molecule has 6 nitrogen and oxygen atoms in total. The normalized spacial score (nSPS) is 9.08. The first-order valence-electron chi connectivity index (χ1n) is 6.71. The maximum Gasteiger partial charge on any atom is 0.167 e. The van der Waals surface area contributed by atoms with Crippen molar-refractivity contribution in [3.8, 4) is 24.0 Å². The molecule has 1 aromatic carbocycles. The molecule has 0 saturated carbocycles. The molecule has 0 saturated heterocycles. The molecule has 0 atom stereocenters. The summed E-state index contributed by atoms with van der Waals surface area (Å²) in [4.78, 5) is 4.07. The van der Waals surface area contributed by atoms with Crippen LogP contribution in [0.5, 0.6) is 5.75 Å². The molecule has 0 unspecified atom stereocenters. The Labute approximate surface area is 137 Å². The number of anilines is 1. The summed E-state index contributed by atoms with van der Waals surface area (Å²) in [7, 11) is 0. The van der Waals surface area contributed by atoms with E-state index < -0.39 is 5.82 Å². The summed E-state index contributed by atoms with van der Waals surface area (Å²) >= 11 is 0. The average Bonchev–Trinajstić information content (AvgIpc) is 2.62. The van der Waals surface area contributed by atoms with Gasteiger partial charge in [-0.1, -0.05) is 6.07 Å². The van der Waals surface area contributed by atoms with Crippen molar-refractivity contribution in [3.05, 3.63) is 65.4 Å². The van der Waals surface area contributed by atoms with E-state index in [4.69, 9.17) is 20.5 Å². The van der Waals surface area contributed by atoms with Crippen molar-refractivity contribution < 1.29 is 9.13 Å². The number of allylic oxidation sites excluding steroid dienone is 2. The van der Waals surface area contributed by atoms with Crippen LogP contribution in [-0.4, -0.2) is 4.98 Å². The molecule has 116 valence electrons. The van der Waals surface area contributed by atoms with E-state index in [1.165, 1.54) is 12.1 Å². The fourth-order valence-electron chi connectivity index (χ4n) is 1.76. The van der Waals surface area contributed by atoms with E-state index in [0.717, 1.165) is 6.07 Å². The lowest BCUT2D eigenvalue weighted by Crippen LogP contribution is -2.02. The van der Waals surface area contributed by atoms with Crippen molar-refractivity contribution in [1.82, 2.24) is 4.98 Å². The lowest BCUT2D eigenvalue weighted by Gasteiger charge is -2.09. The van der Waals surface area contributed by atoms with Crippen LogP contribution < -0.4 is 10.1 Å². The zero-order valence-electron chi connectivity index (χ0n) is 12.3. The van der Waals surface area contributed by atoms with Gasteiger partial charge < -0.3 is 10.1 Å². The Morgan fingerprint density at radius 3 is 2.50 bits per heavy atom. The Morgan fingerprint density at radius 1 is 1.12 bits per heavy atom. The highest BCUT2D eigenvalue weighted by Gasteiger charge is 2.09. The van der Waals surface area contributed by atoms with E-state index in [9.17, 15) is 4.39 Å². The Kier molecular flexibility index (Phi) is 5.45. The zero-order valence-corrected chi connectivity index (χ0v) is 12.3. The van der Waals surface area contributed by atoms with Crippen LogP contribution in [-0.2, 0) is 6.61 Å². The summed E-state index contributed by atoms with van der Waals surface area (Å²) in [6, 6.07) is 14.2. The van der Waals surface area contributed by atoms with Gasteiger partial charge in [-0.15, -0.1) is 0 Å². The van der Waals surface area contributed by atoms with Crippen molar-refractivity contribution in [2.75, 3.05) is 5.32 Å². The number of halogens is 1. The molecule has 1 aromatic heterocycles. The molecule has 0 radical (unpaired) electrons. The Hall–Kier alpha value is -3.89. The fraction of sp³-hybridized carbons (Fsp3) is 0.0588. The SMILES string of the molecule is N#CC(C#N)=C(C#N)Nc1ccc(OCc2ccccn2)c(F)c1. The fourth-order valence-corrected chi connectivity index (χ4v) is 1.76. The highest BCUT2D eigenvalue weighted by molar-refractivity contribution is 5.59. The molecule has 2 aromatic rings. The highest BCUT2D eigenvalue weighted by Crippen LogP contribution is 2.23. The monoisotopic (exact) mass is 319 g/mol. The smallest absolute Gasteiger partial charge is 0.167 e. The second kappa shape index (κ2) is 7.93. The summed E-state index contributed by atoms with van der Waals surface area (Å²) in [5.74, 6) is -0.627. The molecule has 0 bridgehead atoms. The third kappa shape index (κ3) is 4.07. The van der Waals surface area contributed by atoms with Crippen molar-refractivity contribution in [2.45, 2.75) is 6.61 Å². The first-order chi connectivity index (χ1) is 11.7. The lowest BCUT2D eigenvalue weighted by atomic mass is 10.2. The van der Waals surface area contributed by atoms with Crippen molar-refractivity contribution in [2.24, 2.45) is 0 Å². The number of pyridine rings is 1. The van der Waals surface area contributed by atoms with Crippen molar-refractivity contribution in [1.29, 1.82) is 15.8 Å². The van der Waals surface area contributed by atoms with E-state index in [-0.39, 0.29) is 29.3 Å². The van der Waals surface area contributed by atoms with Gasteiger partial charge in [0.15, 0.2) is 17.1 Å². The van der Waals surface area contributed by atoms with Gasteiger partial charge in [0, 0.05) is 18.0 Å². The molecule has 0 amide bonds. The van der Waals surface area contributed by atoms with Gasteiger partial charge in [0.1, 0.15) is 30.5 Å². The van der Waals surface area contributed by atoms with E-state index >= 15 is 0 Å². The number of nitrogens with one attached hydrogen (secondary N) is 1. The Balaban J connectivity index is 2.13. The number of ether oxygens (including phenoxy) is 1. The number of aromatic nitrogens is 1. The van der Waals surface area contributed by atoms with Gasteiger partial charge in [-0.3, -0.25) is 4.98 Å². The third-order valence-corrected chi connectivity index (χ3v) is 2.89. The summed E-state index contributed by atoms with van der Waals surface area (Å²) in [6.45, 7) is 0.112. The molecule has 24 heavy (non-hydrogen) atoms. The predicted molar refractivity (Wildman–Crippen MR) is 82.5 cm³/mol. The molecule has 1 heterocycles. The van der Waals surface area contributed by atoms with Crippen LogP contribution in [0.25, 0.3) is 0 Å². The molecule has 0 aliphatic carbocycles. The molecular weight excluding hydrogens is 309 g/mol. The summed E-state index contributed by atoms with van der Waals surface area (Å²) in [5, 5.41) is 29.0. The van der Waals surface area contributed by atoms with Crippen LogP contribution in [0.2, 0.25) is 0 Å². The summed E-state index contributed by atoms with van der Waals surface area (Å²) in [6.07, 6.45) is 1.61. The first-order valence-corrected chi connectivity index (χ1v) is 6.71. The van der Waals surface area contributed by atoms with Crippen LogP contribution in [0.1, 0.15) is 5.69 Å². The number of nitriles is 3. The summed E-state index contributed by atoms with van der Waals surface area (Å²) < 4.78 is 19.4. The van der Waals surface area contributed by atoms with Crippen LogP contribution in [0.3, 0.4) is 0 Å². The second-order valence-corrected chi connectivity index (χ2v) is 4.47. The minimum absolute atomic E-state index is 0.0227. The largest absolute Gasteiger partial charge is 0.484 e. The van der Waals surface area contributed by atoms with Crippen molar-refractivity contribution in [3.63, 3.8) is 0 Å². The van der Waals surface area contributed by atoms with E-state index in [2.05, 4.69) is 10.3 Å². The number of nitrogens with zero attached hydrogens (tertiary/aromatic N) is 4. The second-order valence-electron chi connectivity index (χ2n) is 4.47. The first kappa shape index (κ1) is 16.5. The molecular formula is C17H10FN5O. The van der Waals surface area contributed by atoms with Gasteiger partial charge in [-0.25, -0.2) is 4.39 Å². The van der Waals surface area contributed by atoms with E-state index in [1.54, 1.807) is 42.6 Å². The number of rotatable bonds is 5. The Morgan fingerprint density at radius 2 is 1.92 bits per heavy atom. The maximum absolute atomic E-state index is 14.1.